The molecule has 17 heavy (non-hydrogen) atoms. The summed E-state index contributed by atoms with van der Waals surface area (Å²) in [4.78, 5) is 0. The highest BCUT2D eigenvalue weighted by molar-refractivity contribution is 6.30. The van der Waals surface area contributed by atoms with Crippen molar-refractivity contribution in [2.45, 2.75) is 25.4 Å². The van der Waals surface area contributed by atoms with Gasteiger partial charge in [-0.1, -0.05) is 24.6 Å². The minimum atomic E-state index is -0.410. The number of halogens is 4. The third kappa shape index (κ3) is 3.99. The molecule has 0 radical (unpaired) electrons. The van der Waals surface area contributed by atoms with Crippen molar-refractivity contribution in [1.82, 2.24) is 5.32 Å². The second kappa shape index (κ2) is 6.79. The Hall–Kier alpha value is -0.0200. The average molecular weight is 299 g/mol. The lowest BCUT2D eigenvalue weighted by Gasteiger charge is -2.29. The molecule has 1 rings (SSSR count). The first-order valence-corrected chi connectivity index (χ1v) is 6.82. The Kier molecular flexibility index (Phi) is 6.01. The number of benzene rings is 1. The minimum absolute atomic E-state index is 0.128. The Morgan fingerprint density at radius 3 is 2.41 bits per heavy atom. The topological polar surface area (TPSA) is 12.0 Å². The average Bonchev–Trinajstić information content (AvgIpc) is 2.36. The molecule has 1 aromatic carbocycles. The van der Waals surface area contributed by atoms with E-state index in [4.69, 9.17) is 34.8 Å². The van der Waals surface area contributed by atoms with Gasteiger partial charge in [-0.05, 0) is 24.1 Å². The van der Waals surface area contributed by atoms with Crippen molar-refractivity contribution in [3.63, 3.8) is 0 Å². The molecule has 0 amide bonds. The molecular weight excluding hydrogens is 283 g/mol. The van der Waals surface area contributed by atoms with Gasteiger partial charge in [0, 0.05) is 23.8 Å². The van der Waals surface area contributed by atoms with Crippen molar-refractivity contribution in [3.05, 3.63) is 34.6 Å². The molecule has 0 spiro atoms. The van der Waals surface area contributed by atoms with Crippen LogP contribution in [0.3, 0.4) is 0 Å². The van der Waals surface area contributed by atoms with Crippen LogP contribution in [0.1, 0.15) is 18.9 Å². The molecule has 5 heteroatoms. The Labute approximate surface area is 116 Å². The fraction of sp³-hybridized carbons (Fsp3) is 0.500. The van der Waals surface area contributed by atoms with Gasteiger partial charge in [0.25, 0.3) is 0 Å². The molecule has 0 aliphatic rings. The molecule has 0 heterocycles. The largest absolute Gasteiger partial charge is 0.305 e. The SMILES string of the molecule is CCC(CCl)(CCl)NCc1ccc(F)c(Cl)c1. The zero-order valence-electron chi connectivity index (χ0n) is 9.57. The van der Waals surface area contributed by atoms with Crippen LogP contribution in [0.15, 0.2) is 18.2 Å². The van der Waals surface area contributed by atoms with Gasteiger partial charge >= 0.3 is 0 Å². The molecule has 0 aliphatic heterocycles. The molecule has 0 saturated carbocycles. The summed E-state index contributed by atoms with van der Waals surface area (Å²) in [5.41, 5.74) is 0.619. The summed E-state index contributed by atoms with van der Waals surface area (Å²) in [5, 5.41) is 3.43. The minimum Gasteiger partial charge on any atom is -0.305 e. The highest BCUT2D eigenvalue weighted by atomic mass is 35.5. The Morgan fingerprint density at radius 1 is 1.29 bits per heavy atom. The fourth-order valence-corrected chi connectivity index (χ4v) is 2.44. The van der Waals surface area contributed by atoms with Gasteiger partial charge in [-0.3, -0.25) is 0 Å². The second-order valence-electron chi connectivity index (χ2n) is 4.00. The standard InChI is InChI=1S/C12H15Cl3FN/c1-2-12(7-13,8-14)17-6-9-3-4-11(16)10(15)5-9/h3-5,17H,2,6-8H2,1H3. The van der Waals surface area contributed by atoms with E-state index in [0.29, 0.717) is 18.3 Å². The lowest BCUT2D eigenvalue weighted by atomic mass is 10.0. The van der Waals surface area contributed by atoms with Crippen LogP contribution in [0.4, 0.5) is 4.39 Å². The Balaban J connectivity index is 2.68. The van der Waals surface area contributed by atoms with Crippen molar-refractivity contribution in [2.24, 2.45) is 0 Å². The highest BCUT2D eigenvalue weighted by Crippen LogP contribution is 2.19. The molecule has 0 unspecified atom stereocenters. The fourth-order valence-electron chi connectivity index (χ4n) is 1.38. The molecule has 1 nitrogen and oxygen atoms in total. The lowest BCUT2D eigenvalue weighted by molar-refractivity contribution is 0.384. The first kappa shape index (κ1) is 15.0. The zero-order chi connectivity index (χ0) is 12.9. The van der Waals surface area contributed by atoms with Crippen molar-refractivity contribution < 1.29 is 4.39 Å². The van der Waals surface area contributed by atoms with Crippen molar-refractivity contribution in [2.75, 3.05) is 11.8 Å². The Morgan fingerprint density at radius 2 is 1.94 bits per heavy atom. The number of alkyl halides is 2. The monoisotopic (exact) mass is 297 g/mol. The van der Waals surface area contributed by atoms with E-state index in [1.54, 1.807) is 12.1 Å². The molecule has 0 atom stereocenters. The van der Waals surface area contributed by atoms with Crippen molar-refractivity contribution in [1.29, 1.82) is 0 Å². The zero-order valence-corrected chi connectivity index (χ0v) is 11.8. The van der Waals surface area contributed by atoms with E-state index in [-0.39, 0.29) is 10.6 Å². The van der Waals surface area contributed by atoms with Crippen molar-refractivity contribution >= 4 is 34.8 Å². The third-order valence-electron chi connectivity index (χ3n) is 2.84. The summed E-state index contributed by atoms with van der Waals surface area (Å²) < 4.78 is 13.0. The molecule has 0 fully saturated rings. The van der Waals surface area contributed by atoms with Crippen molar-refractivity contribution in [3.8, 4) is 0 Å². The van der Waals surface area contributed by atoms with E-state index >= 15 is 0 Å². The van der Waals surface area contributed by atoms with Crippen LogP contribution >= 0.6 is 34.8 Å². The molecule has 0 aliphatic carbocycles. The summed E-state index contributed by atoms with van der Waals surface area (Å²) in [5.74, 6) is 0.455. The van der Waals surface area contributed by atoms with E-state index in [9.17, 15) is 4.39 Å². The van der Waals surface area contributed by atoms with Gasteiger partial charge in [-0.25, -0.2) is 4.39 Å². The van der Waals surface area contributed by atoms with E-state index in [2.05, 4.69) is 5.32 Å². The van der Waals surface area contributed by atoms with Crippen LogP contribution in [-0.2, 0) is 6.54 Å². The highest BCUT2D eigenvalue weighted by Gasteiger charge is 2.25. The number of nitrogens with one attached hydrogen (secondary N) is 1. The van der Waals surface area contributed by atoms with Gasteiger partial charge in [0.2, 0.25) is 0 Å². The Bertz CT molecular complexity index is 359. The molecule has 0 saturated heterocycles. The van der Waals surface area contributed by atoms with Crippen LogP contribution in [0.5, 0.6) is 0 Å². The molecule has 0 aromatic heterocycles. The van der Waals surface area contributed by atoms with E-state index in [1.807, 2.05) is 6.92 Å². The molecule has 1 N–H and O–H groups in total. The van der Waals surface area contributed by atoms with Gasteiger partial charge in [0.1, 0.15) is 5.82 Å². The summed E-state index contributed by atoms with van der Waals surface area (Å²) in [6, 6.07) is 4.65. The molecule has 96 valence electrons. The van der Waals surface area contributed by atoms with E-state index < -0.39 is 5.82 Å². The van der Waals surface area contributed by atoms with E-state index in [0.717, 1.165) is 12.0 Å². The second-order valence-corrected chi connectivity index (χ2v) is 4.94. The quantitative estimate of drug-likeness (QED) is 0.776. The maximum atomic E-state index is 13.0. The van der Waals surface area contributed by atoms with Gasteiger partial charge in [0.15, 0.2) is 0 Å². The van der Waals surface area contributed by atoms with Crippen LogP contribution < -0.4 is 5.32 Å². The van der Waals surface area contributed by atoms with Crippen LogP contribution in [0, 0.1) is 5.82 Å². The molecule has 1 aromatic rings. The molecular formula is C12H15Cl3FN. The predicted octanol–water partition coefficient (Wildman–Crippen LogP) is 4.20. The maximum absolute atomic E-state index is 13.0. The predicted molar refractivity (Wildman–Crippen MR) is 72.7 cm³/mol. The van der Waals surface area contributed by atoms with Gasteiger partial charge in [-0.2, -0.15) is 0 Å². The van der Waals surface area contributed by atoms with Gasteiger partial charge < -0.3 is 5.32 Å². The maximum Gasteiger partial charge on any atom is 0.141 e. The first-order valence-electron chi connectivity index (χ1n) is 5.38. The summed E-state index contributed by atoms with van der Waals surface area (Å²) in [6.07, 6.45) is 0.828. The normalized spacial score (nSPS) is 11.8. The summed E-state index contributed by atoms with van der Waals surface area (Å²) >= 11 is 17.5. The van der Waals surface area contributed by atoms with Crippen LogP contribution in [0.25, 0.3) is 0 Å². The number of rotatable bonds is 6. The van der Waals surface area contributed by atoms with Crippen LogP contribution in [-0.4, -0.2) is 17.3 Å². The number of hydrogen-bond donors (Lipinski definition) is 1. The first-order chi connectivity index (χ1) is 8.06. The van der Waals surface area contributed by atoms with Gasteiger partial charge in [-0.15, -0.1) is 23.2 Å². The third-order valence-corrected chi connectivity index (χ3v) is 4.15. The summed E-state index contributed by atoms with van der Waals surface area (Å²) in [6.45, 7) is 2.59. The van der Waals surface area contributed by atoms with Crippen LogP contribution in [0.2, 0.25) is 5.02 Å². The summed E-state index contributed by atoms with van der Waals surface area (Å²) in [7, 11) is 0. The smallest absolute Gasteiger partial charge is 0.141 e. The number of hydrogen-bond acceptors (Lipinski definition) is 1. The lowest BCUT2D eigenvalue weighted by Crippen LogP contribution is -2.47. The van der Waals surface area contributed by atoms with E-state index in [1.165, 1.54) is 6.07 Å². The van der Waals surface area contributed by atoms with Gasteiger partial charge in [0.05, 0.1) is 5.02 Å². The molecule has 0 bridgehead atoms.